The molecule has 0 saturated heterocycles. The van der Waals surface area contributed by atoms with Crippen LogP contribution in [0.1, 0.15) is 5.56 Å². The minimum Gasteiger partial charge on any atom is -0.438 e. The van der Waals surface area contributed by atoms with E-state index < -0.39 is 0 Å². The number of halogens is 1. The van der Waals surface area contributed by atoms with Crippen molar-refractivity contribution in [2.75, 3.05) is 11.1 Å². The fourth-order valence-corrected chi connectivity index (χ4v) is 4.26. The molecule has 0 atom stereocenters. The van der Waals surface area contributed by atoms with Crippen LogP contribution in [0.5, 0.6) is 0 Å². The van der Waals surface area contributed by atoms with E-state index >= 15 is 0 Å². The Morgan fingerprint density at radius 3 is 2.22 bits per heavy atom. The molecule has 7 nitrogen and oxygen atoms in total. The summed E-state index contributed by atoms with van der Waals surface area (Å²) < 4.78 is 11.7. The van der Waals surface area contributed by atoms with Crippen molar-refractivity contribution in [2.24, 2.45) is 0 Å². The third-order valence-corrected chi connectivity index (χ3v) is 6.27. The van der Waals surface area contributed by atoms with Gasteiger partial charge < -0.3 is 8.83 Å². The number of thioether (sulfide) groups is 1. The van der Waals surface area contributed by atoms with Gasteiger partial charge in [-0.1, -0.05) is 84.0 Å². The number of rotatable bonds is 7. The molecular formula is C27H17ClN4O3S. The van der Waals surface area contributed by atoms with Gasteiger partial charge in [-0.2, -0.15) is 5.26 Å². The molecule has 0 saturated carbocycles. The number of anilines is 1. The molecule has 3 aromatic carbocycles. The predicted molar refractivity (Wildman–Crippen MR) is 138 cm³/mol. The smallest absolute Gasteiger partial charge is 0.277 e. The van der Waals surface area contributed by atoms with E-state index in [0.29, 0.717) is 22.2 Å². The number of benzene rings is 3. The van der Waals surface area contributed by atoms with Gasteiger partial charge in [-0.25, -0.2) is 0 Å². The monoisotopic (exact) mass is 512 g/mol. The van der Waals surface area contributed by atoms with E-state index in [-0.39, 0.29) is 28.3 Å². The normalized spacial score (nSPS) is 10.7. The van der Waals surface area contributed by atoms with Crippen molar-refractivity contribution in [1.82, 2.24) is 10.2 Å². The topological polar surface area (TPSA) is 105 Å². The zero-order chi connectivity index (χ0) is 24.9. The molecule has 1 amide bonds. The lowest BCUT2D eigenvalue weighted by Gasteiger charge is -2.03. The highest BCUT2D eigenvalue weighted by atomic mass is 35.5. The number of nitrogens with one attached hydrogen (secondary N) is 1. The quantitative estimate of drug-likeness (QED) is 0.236. The number of carbonyl (C=O) groups excluding carboxylic acids is 1. The minimum absolute atomic E-state index is 0.0187. The SMILES string of the molecule is N#Cc1c(NC(=O)CSc2nnc(-c3ccc(Cl)cc3)o2)oc(-c2ccccc2)c1-c1ccccc1. The van der Waals surface area contributed by atoms with E-state index in [0.717, 1.165) is 28.5 Å². The number of furan rings is 1. The molecule has 1 N–H and O–H groups in total. The molecule has 9 heteroatoms. The van der Waals surface area contributed by atoms with Crippen LogP contribution in [-0.4, -0.2) is 21.9 Å². The first kappa shape index (κ1) is 23.4. The summed E-state index contributed by atoms with van der Waals surface area (Å²) in [6.45, 7) is 0. The predicted octanol–water partition coefficient (Wildman–Crippen LogP) is 6.92. The van der Waals surface area contributed by atoms with Gasteiger partial charge >= 0.3 is 0 Å². The summed E-state index contributed by atoms with van der Waals surface area (Å²) >= 11 is 7.00. The molecule has 0 aliphatic heterocycles. The van der Waals surface area contributed by atoms with Crippen molar-refractivity contribution in [1.29, 1.82) is 5.26 Å². The number of amides is 1. The summed E-state index contributed by atoms with van der Waals surface area (Å²) in [5, 5.41) is 21.5. The Labute approximate surface area is 215 Å². The lowest BCUT2D eigenvalue weighted by Crippen LogP contribution is -2.14. The van der Waals surface area contributed by atoms with Crippen LogP contribution in [0, 0.1) is 11.3 Å². The summed E-state index contributed by atoms with van der Waals surface area (Å²) in [6.07, 6.45) is 0. The first-order valence-corrected chi connectivity index (χ1v) is 12.2. The Balaban J connectivity index is 1.36. The van der Waals surface area contributed by atoms with Crippen molar-refractivity contribution in [3.05, 3.63) is 95.5 Å². The van der Waals surface area contributed by atoms with Gasteiger partial charge in [0.05, 0.1) is 5.75 Å². The second-order valence-corrected chi connectivity index (χ2v) is 8.93. The zero-order valence-corrected chi connectivity index (χ0v) is 20.2. The van der Waals surface area contributed by atoms with Crippen LogP contribution in [0.2, 0.25) is 5.02 Å². The molecule has 36 heavy (non-hydrogen) atoms. The van der Waals surface area contributed by atoms with E-state index in [4.69, 9.17) is 20.4 Å². The van der Waals surface area contributed by atoms with Gasteiger partial charge in [-0.05, 0) is 29.8 Å². The van der Waals surface area contributed by atoms with Gasteiger partial charge in [0.25, 0.3) is 5.22 Å². The second kappa shape index (κ2) is 10.5. The largest absolute Gasteiger partial charge is 0.438 e. The van der Waals surface area contributed by atoms with Gasteiger partial charge in [0.15, 0.2) is 0 Å². The highest BCUT2D eigenvalue weighted by Gasteiger charge is 2.24. The van der Waals surface area contributed by atoms with Crippen molar-refractivity contribution in [3.63, 3.8) is 0 Å². The third kappa shape index (κ3) is 5.03. The van der Waals surface area contributed by atoms with Gasteiger partial charge in [0, 0.05) is 21.7 Å². The molecule has 0 aliphatic rings. The van der Waals surface area contributed by atoms with Crippen molar-refractivity contribution < 1.29 is 13.6 Å². The van der Waals surface area contributed by atoms with Gasteiger partial charge in [-0.3, -0.25) is 10.1 Å². The maximum atomic E-state index is 12.8. The van der Waals surface area contributed by atoms with E-state index in [1.165, 1.54) is 0 Å². The molecule has 5 aromatic rings. The average molecular weight is 513 g/mol. The summed E-state index contributed by atoms with van der Waals surface area (Å²) in [6, 6.07) is 28.1. The molecule has 176 valence electrons. The van der Waals surface area contributed by atoms with Crippen LogP contribution < -0.4 is 5.32 Å². The highest BCUT2D eigenvalue weighted by molar-refractivity contribution is 7.99. The van der Waals surface area contributed by atoms with Gasteiger partial charge in [0.1, 0.15) is 17.4 Å². The van der Waals surface area contributed by atoms with Crippen molar-refractivity contribution in [2.45, 2.75) is 5.22 Å². The molecule has 2 aromatic heterocycles. The molecule has 0 aliphatic carbocycles. The highest BCUT2D eigenvalue weighted by Crippen LogP contribution is 2.41. The van der Waals surface area contributed by atoms with Crippen molar-refractivity contribution in [3.8, 4) is 40.0 Å². The minimum atomic E-state index is -0.379. The fraction of sp³-hybridized carbons (Fsp3) is 0.0370. The molecule has 0 bridgehead atoms. The Morgan fingerprint density at radius 1 is 0.889 bits per heavy atom. The number of hydrogen-bond acceptors (Lipinski definition) is 7. The van der Waals surface area contributed by atoms with Crippen molar-refractivity contribution >= 4 is 35.2 Å². The fourth-order valence-electron chi connectivity index (χ4n) is 3.57. The number of carbonyl (C=O) groups is 1. The maximum absolute atomic E-state index is 12.8. The summed E-state index contributed by atoms with van der Waals surface area (Å²) in [4.78, 5) is 12.8. The third-order valence-electron chi connectivity index (χ3n) is 5.20. The molecule has 5 rings (SSSR count). The Kier molecular flexibility index (Phi) is 6.85. The Bertz CT molecular complexity index is 1540. The zero-order valence-electron chi connectivity index (χ0n) is 18.6. The van der Waals surface area contributed by atoms with Crippen LogP contribution in [0.3, 0.4) is 0 Å². The molecule has 2 heterocycles. The molecule has 0 unspecified atom stereocenters. The molecular weight excluding hydrogens is 496 g/mol. The van der Waals surface area contributed by atoms with Crippen LogP contribution in [0.25, 0.3) is 33.9 Å². The average Bonchev–Trinajstić information content (AvgIpc) is 3.54. The number of nitrogens with zero attached hydrogens (tertiary/aromatic N) is 3. The molecule has 0 radical (unpaired) electrons. The maximum Gasteiger partial charge on any atom is 0.277 e. The van der Waals surface area contributed by atoms with Gasteiger partial charge in [0.2, 0.25) is 17.7 Å². The van der Waals surface area contributed by atoms with Crippen LogP contribution >= 0.6 is 23.4 Å². The van der Waals surface area contributed by atoms with Gasteiger partial charge in [-0.15, -0.1) is 10.2 Å². The lowest BCUT2D eigenvalue weighted by molar-refractivity contribution is -0.113. The first-order chi connectivity index (χ1) is 17.6. The number of hydrogen-bond donors (Lipinski definition) is 1. The molecule has 0 spiro atoms. The van der Waals surface area contributed by atoms with E-state index in [1.54, 1.807) is 24.3 Å². The summed E-state index contributed by atoms with van der Waals surface area (Å²) in [5.74, 6) is 0.525. The standard InChI is InChI=1S/C27H17ClN4O3S/c28-20-13-11-19(12-14-20)25-31-32-27(35-25)36-16-22(33)30-26-21(15-29)23(17-7-3-1-4-8-17)24(34-26)18-9-5-2-6-10-18/h1-14H,16H2,(H,30,33). The number of aromatic nitrogens is 2. The van der Waals surface area contributed by atoms with E-state index in [1.807, 2.05) is 60.7 Å². The van der Waals surface area contributed by atoms with Crippen LogP contribution in [0.4, 0.5) is 5.88 Å². The molecule has 0 fully saturated rings. The summed E-state index contributed by atoms with van der Waals surface area (Å²) in [7, 11) is 0. The van der Waals surface area contributed by atoms with Crippen LogP contribution in [0.15, 0.2) is 99.0 Å². The Hall–Kier alpha value is -4.32. The summed E-state index contributed by atoms with van der Waals surface area (Å²) in [5.41, 5.74) is 3.20. The van der Waals surface area contributed by atoms with E-state index in [9.17, 15) is 10.1 Å². The number of nitriles is 1. The first-order valence-electron chi connectivity index (χ1n) is 10.8. The second-order valence-electron chi connectivity index (χ2n) is 7.57. The van der Waals surface area contributed by atoms with E-state index in [2.05, 4.69) is 21.6 Å². The van der Waals surface area contributed by atoms with Crippen LogP contribution in [-0.2, 0) is 4.79 Å². The Morgan fingerprint density at radius 2 is 1.56 bits per heavy atom. The lowest BCUT2D eigenvalue weighted by atomic mass is 9.98.